The van der Waals surface area contributed by atoms with E-state index in [1.807, 2.05) is 6.07 Å². The van der Waals surface area contributed by atoms with Crippen LogP contribution in [-0.2, 0) is 13.0 Å². The number of nitrogens with zero attached hydrogens (tertiary/aromatic N) is 5. The summed E-state index contributed by atoms with van der Waals surface area (Å²) < 4.78 is 2.32. The number of aryl methyl sites for hydroxylation is 2. The molecule has 0 saturated carbocycles. The second kappa shape index (κ2) is 7.46. The molecular weight excluding hydrogens is 366 g/mol. The van der Waals surface area contributed by atoms with Gasteiger partial charge in [-0.3, -0.25) is 10.1 Å². The second-order valence-electron chi connectivity index (χ2n) is 7.57. The smallest absolute Gasteiger partial charge is 0.273 e. The highest BCUT2D eigenvalue weighted by Gasteiger charge is 2.29. The highest BCUT2D eigenvalue weighted by Crippen LogP contribution is 2.37. The summed E-state index contributed by atoms with van der Waals surface area (Å²) in [6.45, 7) is 4.48. The van der Waals surface area contributed by atoms with Crippen LogP contribution in [0.4, 0.5) is 11.4 Å². The average Bonchev–Trinajstić information content (AvgIpc) is 2.91. The van der Waals surface area contributed by atoms with E-state index in [1.165, 1.54) is 25.3 Å². The van der Waals surface area contributed by atoms with Crippen molar-refractivity contribution in [2.45, 2.75) is 57.9 Å². The zero-order chi connectivity index (χ0) is 19.0. The molecule has 1 aromatic heterocycles. The Labute approximate surface area is 163 Å². The third kappa shape index (κ3) is 3.52. The van der Waals surface area contributed by atoms with Gasteiger partial charge in [-0.25, -0.2) is 0 Å². The molecule has 0 aliphatic carbocycles. The standard InChI is InChI=1S/C19H24ClN5O2/c1-13-10-17(15(20)11-16(13)25(26)27)23-8-5-6-14(12-23)19-22-21-18-7-3-2-4-9-24(18)19/h10-11,14H,2-9,12H2,1H3. The van der Waals surface area contributed by atoms with Crippen LogP contribution in [0, 0.1) is 17.0 Å². The highest BCUT2D eigenvalue weighted by atomic mass is 35.5. The zero-order valence-corrected chi connectivity index (χ0v) is 16.3. The number of hydrogen-bond acceptors (Lipinski definition) is 5. The van der Waals surface area contributed by atoms with E-state index in [4.69, 9.17) is 11.6 Å². The first-order valence-electron chi connectivity index (χ1n) is 9.66. The number of nitro benzene ring substituents is 1. The summed E-state index contributed by atoms with van der Waals surface area (Å²) in [7, 11) is 0. The number of rotatable bonds is 3. The van der Waals surface area contributed by atoms with Crippen LogP contribution in [0.1, 0.15) is 55.2 Å². The molecule has 0 amide bonds. The molecule has 1 aromatic carbocycles. The zero-order valence-electron chi connectivity index (χ0n) is 15.5. The van der Waals surface area contributed by atoms with Crippen molar-refractivity contribution in [2.24, 2.45) is 0 Å². The lowest BCUT2D eigenvalue weighted by atomic mass is 9.96. The Kier molecular flexibility index (Phi) is 5.04. The van der Waals surface area contributed by atoms with Gasteiger partial charge in [0.2, 0.25) is 0 Å². The first-order chi connectivity index (χ1) is 13.0. The Bertz CT molecular complexity index is 866. The van der Waals surface area contributed by atoms with Gasteiger partial charge in [0.05, 0.1) is 15.6 Å². The molecule has 1 saturated heterocycles. The van der Waals surface area contributed by atoms with Gasteiger partial charge >= 0.3 is 0 Å². The van der Waals surface area contributed by atoms with E-state index in [1.54, 1.807) is 6.92 Å². The van der Waals surface area contributed by atoms with Crippen LogP contribution in [0.3, 0.4) is 0 Å². The Morgan fingerprint density at radius 1 is 1.19 bits per heavy atom. The fraction of sp³-hybridized carbons (Fsp3) is 0.579. The van der Waals surface area contributed by atoms with Crippen LogP contribution in [0.5, 0.6) is 0 Å². The van der Waals surface area contributed by atoms with Gasteiger partial charge in [0, 0.05) is 43.6 Å². The van der Waals surface area contributed by atoms with Crippen LogP contribution in [-0.4, -0.2) is 32.8 Å². The lowest BCUT2D eigenvalue weighted by molar-refractivity contribution is -0.385. The van der Waals surface area contributed by atoms with Gasteiger partial charge in [-0.2, -0.15) is 0 Å². The fourth-order valence-electron chi connectivity index (χ4n) is 4.31. The molecule has 0 spiro atoms. The van der Waals surface area contributed by atoms with E-state index in [-0.39, 0.29) is 10.6 Å². The SMILES string of the molecule is Cc1cc(N2CCCC(c3nnc4n3CCCCC4)C2)c(Cl)cc1[N+](=O)[O-]. The van der Waals surface area contributed by atoms with Crippen molar-refractivity contribution in [3.05, 3.63) is 44.5 Å². The minimum absolute atomic E-state index is 0.0695. The molecule has 2 aliphatic heterocycles. The van der Waals surface area contributed by atoms with Crippen LogP contribution in [0.15, 0.2) is 12.1 Å². The number of halogens is 1. The molecule has 27 heavy (non-hydrogen) atoms. The van der Waals surface area contributed by atoms with Crippen LogP contribution < -0.4 is 4.90 Å². The minimum Gasteiger partial charge on any atom is -0.370 e. The van der Waals surface area contributed by atoms with E-state index in [2.05, 4.69) is 19.7 Å². The Balaban J connectivity index is 1.60. The molecule has 0 radical (unpaired) electrons. The minimum atomic E-state index is -0.379. The normalized spacial score (nSPS) is 20.2. The predicted octanol–water partition coefficient (Wildman–Crippen LogP) is 4.26. The topological polar surface area (TPSA) is 77.1 Å². The average molecular weight is 390 g/mol. The molecule has 1 atom stereocenters. The number of anilines is 1. The van der Waals surface area contributed by atoms with Gasteiger partial charge in [-0.15, -0.1) is 10.2 Å². The maximum absolute atomic E-state index is 11.1. The molecule has 4 rings (SSSR count). The molecule has 0 bridgehead atoms. The molecule has 3 heterocycles. The van der Waals surface area contributed by atoms with Crippen molar-refractivity contribution in [1.82, 2.24) is 14.8 Å². The molecular formula is C19H24ClN5O2. The van der Waals surface area contributed by atoms with Crippen molar-refractivity contribution >= 4 is 23.0 Å². The summed E-state index contributed by atoms with van der Waals surface area (Å²) in [5, 5.41) is 20.6. The van der Waals surface area contributed by atoms with Crippen molar-refractivity contribution in [3.63, 3.8) is 0 Å². The number of nitro groups is 1. The van der Waals surface area contributed by atoms with E-state index in [9.17, 15) is 10.1 Å². The molecule has 8 heteroatoms. The summed E-state index contributed by atoms with van der Waals surface area (Å²) in [5.41, 5.74) is 1.58. The summed E-state index contributed by atoms with van der Waals surface area (Å²) in [4.78, 5) is 13.0. The monoisotopic (exact) mass is 389 g/mol. The number of hydrogen-bond donors (Lipinski definition) is 0. The van der Waals surface area contributed by atoms with E-state index in [0.717, 1.165) is 56.2 Å². The lowest BCUT2D eigenvalue weighted by Gasteiger charge is -2.34. The predicted molar refractivity (Wildman–Crippen MR) is 105 cm³/mol. The molecule has 144 valence electrons. The number of benzene rings is 1. The van der Waals surface area contributed by atoms with Crippen molar-refractivity contribution in [3.8, 4) is 0 Å². The van der Waals surface area contributed by atoms with Gasteiger partial charge in [-0.1, -0.05) is 18.0 Å². The Morgan fingerprint density at radius 3 is 2.85 bits per heavy atom. The van der Waals surface area contributed by atoms with Gasteiger partial charge < -0.3 is 9.47 Å². The van der Waals surface area contributed by atoms with Crippen LogP contribution in [0.25, 0.3) is 0 Å². The van der Waals surface area contributed by atoms with E-state index >= 15 is 0 Å². The first kappa shape index (κ1) is 18.2. The fourth-order valence-corrected chi connectivity index (χ4v) is 4.59. The largest absolute Gasteiger partial charge is 0.370 e. The van der Waals surface area contributed by atoms with E-state index < -0.39 is 0 Å². The molecule has 2 aromatic rings. The number of piperidine rings is 1. The van der Waals surface area contributed by atoms with E-state index in [0.29, 0.717) is 16.5 Å². The van der Waals surface area contributed by atoms with Crippen molar-refractivity contribution in [1.29, 1.82) is 0 Å². The summed E-state index contributed by atoms with van der Waals surface area (Å²) in [5.74, 6) is 2.51. The van der Waals surface area contributed by atoms with Crippen molar-refractivity contribution < 1.29 is 4.92 Å². The molecule has 1 fully saturated rings. The maximum Gasteiger partial charge on any atom is 0.273 e. The highest BCUT2D eigenvalue weighted by molar-refractivity contribution is 6.33. The summed E-state index contributed by atoms with van der Waals surface area (Å²) in [6, 6.07) is 3.31. The number of aromatic nitrogens is 3. The van der Waals surface area contributed by atoms with Crippen LogP contribution >= 0.6 is 11.6 Å². The first-order valence-corrected chi connectivity index (χ1v) is 10.0. The van der Waals surface area contributed by atoms with Gasteiger partial charge in [0.15, 0.2) is 0 Å². The third-order valence-corrected chi connectivity index (χ3v) is 6.03. The molecule has 2 aliphatic rings. The van der Waals surface area contributed by atoms with Gasteiger partial charge in [-0.05, 0) is 38.7 Å². The van der Waals surface area contributed by atoms with Crippen molar-refractivity contribution in [2.75, 3.05) is 18.0 Å². The van der Waals surface area contributed by atoms with Gasteiger partial charge in [0.25, 0.3) is 5.69 Å². The second-order valence-corrected chi connectivity index (χ2v) is 7.98. The van der Waals surface area contributed by atoms with Crippen LogP contribution in [0.2, 0.25) is 5.02 Å². The lowest BCUT2D eigenvalue weighted by Crippen LogP contribution is -2.35. The Morgan fingerprint density at radius 2 is 2.04 bits per heavy atom. The molecule has 1 unspecified atom stereocenters. The molecule has 7 nitrogen and oxygen atoms in total. The molecule has 0 N–H and O–H groups in total. The number of fused-ring (bicyclic) bond motifs is 1. The Hall–Kier alpha value is -2.15. The quantitative estimate of drug-likeness (QED) is 0.579. The third-order valence-electron chi connectivity index (χ3n) is 5.73. The summed E-state index contributed by atoms with van der Waals surface area (Å²) in [6.07, 6.45) is 6.75. The maximum atomic E-state index is 11.1. The summed E-state index contributed by atoms with van der Waals surface area (Å²) >= 11 is 6.41. The van der Waals surface area contributed by atoms with Gasteiger partial charge in [0.1, 0.15) is 11.6 Å².